The molecule has 0 atom stereocenters. The van der Waals surface area contributed by atoms with Gasteiger partial charge in [-0.3, -0.25) is 4.79 Å². The first-order chi connectivity index (χ1) is 13.0. The van der Waals surface area contributed by atoms with E-state index >= 15 is 0 Å². The predicted octanol–water partition coefficient (Wildman–Crippen LogP) is 3.42. The van der Waals surface area contributed by atoms with E-state index in [9.17, 15) is 9.59 Å². The maximum absolute atomic E-state index is 12.9. The molecule has 0 radical (unpaired) electrons. The summed E-state index contributed by atoms with van der Waals surface area (Å²) in [5, 5.41) is 0. The molecule has 1 aliphatic carbocycles. The topological polar surface area (TPSA) is 75.9 Å². The molecule has 7 heteroatoms. The molecule has 3 aliphatic rings. The van der Waals surface area contributed by atoms with Crippen LogP contribution in [0.15, 0.2) is 0 Å². The van der Waals surface area contributed by atoms with Gasteiger partial charge in [0.2, 0.25) is 5.91 Å². The van der Waals surface area contributed by atoms with Crippen molar-refractivity contribution in [2.75, 3.05) is 32.7 Å². The molecule has 0 aromatic heterocycles. The fourth-order valence-corrected chi connectivity index (χ4v) is 4.99. The second kappa shape index (κ2) is 10.1. The van der Waals surface area contributed by atoms with Crippen LogP contribution in [0.5, 0.6) is 0 Å². The summed E-state index contributed by atoms with van der Waals surface area (Å²) in [6.45, 7) is 7.99. The van der Waals surface area contributed by atoms with E-state index in [1.165, 1.54) is 0 Å². The van der Waals surface area contributed by atoms with Crippen LogP contribution in [0, 0.1) is 17.8 Å². The summed E-state index contributed by atoms with van der Waals surface area (Å²) in [5.41, 5.74) is 5.39. The number of hydrogen-bond donors (Lipinski definition) is 1. The largest absolute Gasteiger partial charge is 0.441 e. The molecule has 0 unspecified atom stereocenters. The molecule has 2 amide bonds. The normalized spacial score (nSPS) is 27.1. The summed E-state index contributed by atoms with van der Waals surface area (Å²) in [6.07, 6.45) is 7.64. The average Bonchev–Trinajstić information content (AvgIpc) is 3.00. The number of halogens is 1. The monoisotopic (exact) mass is 415 g/mol. The van der Waals surface area contributed by atoms with Crippen LogP contribution < -0.4 is 5.73 Å². The van der Waals surface area contributed by atoms with Crippen molar-refractivity contribution in [3.8, 4) is 0 Å². The Kier molecular flexibility index (Phi) is 8.44. The molecule has 1 saturated carbocycles. The number of rotatable bonds is 6. The number of ether oxygens (including phenoxy) is 1. The minimum absolute atomic E-state index is 0. The van der Waals surface area contributed by atoms with Crippen molar-refractivity contribution in [2.24, 2.45) is 23.5 Å². The lowest BCUT2D eigenvalue weighted by molar-refractivity contribution is -0.140. The summed E-state index contributed by atoms with van der Waals surface area (Å²) in [4.78, 5) is 29.1. The number of amides is 2. The van der Waals surface area contributed by atoms with Gasteiger partial charge >= 0.3 is 6.09 Å². The molecule has 1 spiro atoms. The SMILES string of the molecule is CCC(CC)CN1CC2(CCN(C(=O)C3CCC(CN)CC3)CC2)OC1=O.Cl. The zero-order chi connectivity index (χ0) is 19.4. The Labute approximate surface area is 175 Å². The Morgan fingerprint density at radius 2 is 1.79 bits per heavy atom. The number of nitrogens with zero attached hydrogens (tertiary/aromatic N) is 2. The van der Waals surface area contributed by atoms with Crippen molar-refractivity contribution in [1.29, 1.82) is 0 Å². The van der Waals surface area contributed by atoms with E-state index < -0.39 is 0 Å². The molecule has 0 bridgehead atoms. The molecule has 2 N–H and O–H groups in total. The molecule has 2 saturated heterocycles. The molecule has 0 aromatic carbocycles. The Bertz CT molecular complexity index is 525. The van der Waals surface area contributed by atoms with Gasteiger partial charge in [0.05, 0.1) is 6.54 Å². The van der Waals surface area contributed by atoms with Gasteiger partial charge in [-0.2, -0.15) is 0 Å². The predicted molar refractivity (Wildman–Crippen MR) is 112 cm³/mol. The van der Waals surface area contributed by atoms with Crippen molar-refractivity contribution in [2.45, 2.75) is 70.8 Å². The average molecular weight is 416 g/mol. The van der Waals surface area contributed by atoms with Crippen LogP contribution in [0.25, 0.3) is 0 Å². The van der Waals surface area contributed by atoms with E-state index in [4.69, 9.17) is 10.5 Å². The van der Waals surface area contributed by atoms with E-state index in [-0.39, 0.29) is 30.0 Å². The Balaban J connectivity index is 0.00000280. The molecule has 162 valence electrons. The molecule has 3 rings (SSSR count). The maximum Gasteiger partial charge on any atom is 0.410 e. The van der Waals surface area contributed by atoms with Crippen LogP contribution in [0.1, 0.15) is 65.2 Å². The highest BCUT2D eigenvalue weighted by Crippen LogP contribution is 2.36. The fourth-order valence-electron chi connectivity index (χ4n) is 4.99. The first-order valence-electron chi connectivity index (χ1n) is 11.0. The summed E-state index contributed by atoms with van der Waals surface area (Å²) in [6, 6.07) is 0. The number of carbonyl (C=O) groups excluding carboxylic acids is 2. The number of carbonyl (C=O) groups is 2. The van der Waals surface area contributed by atoms with E-state index in [0.29, 0.717) is 37.4 Å². The standard InChI is InChI=1S/C21H37N3O3.ClH/c1-3-16(4-2)14-24-15-21(27-20(24)26)9-11-23(12-10-21)19(25)18-7-5-17(13-22)6-8-18;/h16-18H,3-15,22H2,1-2H3;1H. The first-order valence-corrected chi connectivity index (χ1v) is 11.0. The Morgan fingerprint density at radius 3 is 2.32 bits per heavy atom. The number of nitrogens with two attached hydrogens (primary N) is 1. The second-order valence-electron chi connectivity index (χ2n) is 8.89. The fraction of sp³-hybridized carbons (Fsp3) is 0.905. The van der Waals surface area contributed by atoms with Crippen molar-refractivity contribution in [3.63, 3.8) is 0 Å². The van der Waals surface area contributed by atoms with Crippen molar-refractivity contribution < 1.29 is 14.3 Å². The zero-order valence-electron chi connectivity index (χ0n) is 17.5. The number of hydrogen-bond acceptors (Lipinski definition) is 4. The van der Waals surface area contributed by atoms with Gasteiger partial charge in [0, 0.05) is 38.4 Å². The minimum Gasteiger partial charge on any atom is -0.441 e. The van der Waals surface area contributed by atoms with Crippen LogP contribution in [0.4, 0.5) is 4.79 Å². The third-order valence-corrected chi connectivity index (χ3v) is 7.19. The Morgan fingerprint density at radius 1 is 1.18 bits per heavy atom. The van der Waals surface area contributed by atoms with Gasteiger partial charge < -0.3 is 20.3 Å². The lowest BCUT2D eigenvalue weighted by atomic mass is 9.81. The smallest absolute Gasteiger partial charge is 0.410 e. The van der Waals surface area contributed by atoms with E-state index in [1.807, 2.05) is 9.80 Å². The highest BCUT2D eigenvalue weighted by atomic mass is 35.5. The van der Waals surface area contributed by atoms with Crippen molar-refractivity contribution in [3.05, 3.63) is 0 Å². The van der Waals surface area contributed by atoms with E-state index in [0.717, 1.165) is 64.5 Å². The minimum atomic E-state index is -0.378. The lowest BCUT2D eigenvalue weighted by Gasteiger charge is -2.39. The quantitative estimate of drug-likeness (QED) is 0.721. The third-order valence-electron chi connectivity index (χ3n) is 7.19. The van der Waals surface area contributed by atoms with Gasteiger partial charge in [-0.05, 0) is 44.1 Å². The van der Waals surface area contributed by atoms with Gasteiger partial charge in [0.1, 0.15) is 5.60 Å². The van der Waals surface area contributed by atoms with Crippen molar-refractivity contribution in [1.82, 2.24) is 9.80 Å². The van der Waals surface area contributed by atoms with E-state index in [2.05, 4.69) is 13.8 Å². The number of piperidine rings is 1. The number of likely N-dealkylation sites (tertiary alicyclic amines) is 1. The molecule has 2 heterocycles. The molecule has 0 aromatic rings. The molecular weight excluding hydrogens is 378 g/mol. The van der Waals surface area contributed by atoms with Crippen LogP contribution in [-0.4, -0.2) is 60.1 Å². The maximum atomic E-state index is 12.9. The summed E-state index contributed by atoms with van der Waals surface area (Å²) >= 11 is 0. The lowest BCUT2D eigenvalue weighted by Crippen LogP contribution is -2.50. The molecule has 2 aliphatic heterocycles. The van der Waals surface area contributed by atoms with Crippen LogP contribution in [-0.2, 0) is 9.53 Å². The Hall–Kier alpha value is -1.01. The third kappa shape index (κ3) is 5.12. The molecule has 3 fully saturated rings. The van der Waals surface area contributed by atoms with Crippen molar-refractivity contribution >= 4 is 24.4 Å². The van der Waals surface area contributed by atoms with Gasteiger partial charge in [0.25, 0.3) is 0 Å². The molecule has 28 heavy (non-hydrogen) atoms. The highest BCUT2D eigenvalue weighted by Gasteiger charge is 2.48. The summed E-state index contributed by atoms with van der Waals surface area (Å²) in [5.74, 6) is 1.61. The van der Waals surface area contributed by atoms with E-state index in [1.54, 1.807) is 0 Å². The second-order valence-corrected chi connectivity index (χ2v) is 8.89. The highest BCUT2D eigenvalue weighted by molar-refractivity contribution is 5.85. The van der Waals surface area contributed by atoms with Crippen LogP contribution >= 0.6 is 12.4 Å². The summed E-state index contributed by atoms with van der Waals surface area (Å²) in [7, 11) is 0. The van der Waals surface area contributed by atoms with Gasteiger partial charge in [-0.1, -0.05) is 26.7 Å². The van der Waals surface area contributed by atoms with Gasteiger partial charge in [-0.15, -0.1) is 12.4 Å². The first kappa shape index (κ1) is 23.3. The zero-order valence-corrected chi connectivity index (χ0v) is 18.3. The van der Waals surface area contributed by atoms with Gasteiger partial charge in [-0.25, -0.2) is 4.79 Å². The van der Waals surface area contributed by atoms with Crippen LogP contribution in [0.2, 0.25) is 0 Å². The summed E-state index contributed by atoms with van der Waals surface area (Å²) < 4.78 is 5.83. The molecular formula is C21H38ClN3O3. The van der Waals surface area contributed by atoms with Gasteiger partial charge in [0.15, 0.2) is 0 Å². The van der Waals surface area contributed by atoms with Crippen LogP contribution in [0.3, 0.4) is 0 Å². The molecule has 6 nitrogen and oxygen atoms in total.